The van der Waals surface area contributed by atoms with Crippen LogP contribution in [0.15, 0.2) is 206 Å². The number of carbonyl (C=O) groups excluding carboxylic acids is 2. The Morgan fingerprint density at radius 3 is 1.50 bits per heavy atom. The van der Waals surface area contributed by atoms with Crippen LogP contribution in [-0.4, -0.2) is 59.6 Å². The van der Waals surface area contributed by atoms with Gasteiger partial charge in [-0.2, -0.15) is 10.2 Å². The Kier molecular flexibility index (Phi) is 19.5. The molecule has 2 aromatic heterocycles. The first-order chi connectivity index (χ1) is 38.0. The maximum Gasteiger partial charge on any atom is 0.255 e. The third-order valence-electron chi connectivity index (χ3n) is 12.1. The summed E-state index contributed by atoms with van der Waals surface area (Å²) in [5, 5.41) is 27.4. The number of benzene rings is 8. The highest BCUT2D eigenvalue weighted by Crippen LogP contribution is 2.29. The predicted molar refractivity (Wildman–Crippen MR) is 327 cm³/mol. The second-order valence-electron chi connectivity index (χ2n) is 19.5. The van der Waals surface area contributed by atoms with E-state index in [1.165, 1.54) is 0 Å². The van der Waals surface area contributed by atoms with Gasteiger partial charge in [-0.1, -0.05) is 141 Å². The van der Waals surface area contributed by atoms with Crippen LogP contribution in [0.25, 0.3) is 46.1 Å². The molecule has 0 aliphatic carbocycles. The van der Waals surface area contributed by atoms with E-state index in [2.05, 4.69) is 112 Å². The highest BCUT2D eigenvalue weighted by Gasteiger charge is 2.15. The minimum Gasteiger partial charge on any atom is -0.360 e. The minimum absolute atomic E-state index is 0.136. The lowest BCUT2D eigenvalue weighted by molar-refractivity contribution is 0.0816. The smallest absolute Gasteiger partial charge is 0.255 e. The number of hydrogen-bond donors (Lipinski definition) is 7. The largest absolute Gasteiger partial charge is 0.360 e. The van der Waals surface area contributed by atoms with E-state index in [0.717, 1.165) is 91.1 Å². The van der Waals surface area contributed by atoms with Crippen LogP contribution in [0.1, 0.15) is 43.2 Å². The Labute approximate surface area is 457 Å². The number of ether oxygens (including phenoxy) is 1. The van der Waals surface area contributed by atoms with Crippen LogP contribution in [-0.2, 0) is 11.5 Å². The standard InChI is InChI=1S/C34H36N4O2Si.C28H22N4O.C2H8N2/c1-41(2,3)22-21-40-25-38-33-24-30(18-19-31(33)32(37-38)20-17-26-11-6-4-7-12-26)35-28-15-10-16-29(23-28)36-34(39)27-13-8-5-9-14-27;33-28(21-10-5-2-6-11-21)30-23-13-7-12-22(18-23)29-24-15-16-25-26(31-32-27(25)19-24)17-14-20-8-3-1-4-9-20;3-1-2-4/h4-20,23-24,35H,21-22,25H2,1-3H3,(H,36,39);1-19,29H,(H,30,33)(H,31,32);1-4H2/b20-17+;17-14+;. The average molecular weight is 1050 g/mol. The van der Waals surface area contributed by atoms with Crippen molar-refractivity contribution in [2.75, 3.05) is 41.0 Å². The molecular weight excluding hydrogens is 985 g/mol. The molecule has 0 saturated carbocycles. The Morgan fingerprint density at radius 2 is 0.987 bits per heavy atom. The van der Waals surface area contributed by atoms with E-state index in [4.69, 9.17) is 21.3 Å². The fraction of sp³-hybridized carbons (Fsp3) is 0.125. The van der Waals surface area contributed by atoms with Crippen molar-refractivity contribution in [3.8, 4) is 0 Å². The van der Waals surface area contributed by atoms with Crippen molar-refractivity contribution in [3.05, 3.63) is 240 Å². The summed E-state index contributed by atoms with van der Waals surface area (Å²) in [7, 11) is -1.18. The van der Waals surface area contributed by atoms with Gasteiger partial charge < -0.3 is 37.5 Å². The lowest BCUT2D eigenvalue weighted by atomic mass is 10.1. The maximum atomic E-state index is 12.6. The van der Waals surface area contributed by atoms with Crippen LogP contribution in [0.4, 0.5) is 34.1 Å². The number of carbonyl (C=O) groups is 2. The van der Waals surface area contributed by atoms with Gasteiger partial charge in [-0.15, -0.1) is 0 Å². The highest BCUT2D eigenvalue weighted by atomic mass is 28.3. The number of nitrogens with zero attached hydrogens (tertiary/aromatic N) is 3. The molecule has 9 N–H and O–H groups in total. The zero-order chi connectivity index (χ0) is 54.5. The predicted octanol–water partition coefficient (Wildman–Crippen LogP) is 14.1. The number of amides is 2. The van der Waals surface area contributed by atoms with Crippen LogP contribution in [0, 0.1) is 0 Å². The Hall–Kier alpha value is -9.18. The molecule has 394 valence electrons. The van der Waals surface area contributed by atoms with E-state index in [9.17, 15) is 9.59 Å². The van der Waals surface area contributed by atoms with E-state index >= 15 is 0 Å². The number of anilines is 6. The quantitative estimate of drug-likeness (QED) is 0.0324. The zero-order valence-corrected chi connectivity index (χ0v) is 45.2. The summed E-state index contributed by atoms with van der Waals surface area (Å²) in [5.41, 5.74) is 22.1. The number of aromatic amines is 1. The molecule has 13 nitrogen and oxygen atoms in total. The molecule has 2 heterocycles. The van der Waals surface area contributed by atoms with Crippen molar-refractivity contribution in [1.82, 2.24) is 20.0 Å². The van der Waals surface area contributed by atoms with Gasteiger partial charge in [0.1, 0.15) is 6.73 Å². The SMILES string of the molecule is C[Si](C)(C)CCOCn1nc(/C=C/c2ccccc2)c2ccc(Nc3cccc(NC(=O)c4ccccc4)c3)cc21.NCCN.O=C(Nc1cccc(Nc2ccc3c(/C=C/c4ccccc4)n[nH]c3c2)c1)c1ccccc1. The van der Waals surface area contributed by atoms with E-state index in [-0.39, 0.29) is 11.8 Å². The van der Waals surface area contributed by atoms with Gasteiger partial charge in [0.25, 0.3) is 11.8 Å². The zero-order valence-electron chi connectivity index (χ0n) is 44.2. The molecule has 2 amide bonds. The van der Waals surface area contributed by atoms with Gasteiger partial charge in [-0.25, -0.2) is 4.68 Å². The summed E-state index contributed by atoms with van der Waals surface area (Å²) in [6.07, 6.45) is 8.21. The molecule has 0 saturated heterocycles. The second kappa shape index (κ2) is 27.6. The van der Waals surface area contributed by atoms with Crippen LogP contribution in [0.3, 0.4) is 0 Å². The summed E-state index contributed by atoms with van der Waals surface area (Å²) < 4.78 is 8.01. The molecule has 0 aliphatic rings. The summed E-state index contributed by atoms with van der Waals surface area (Å²) in [6.45, 7) is 9.38. The van der Waals surface area contributed by atoms with Gasteiger partial charge in [-0.05, 0) is 126 Å². The number of aromatic nitrogens is 4. The minimum atomic E-state index is -1.18. The molecule has 78 heavy (non-hydrogen) atoms. The number of hydrogen-bond acceptors (Lipinski definition) is 9. The summed E-state index contributed by atoms with van der Waals surface area (Å²) in [4.78, 5) is 25.0. The third kappa shape index (κ3) is 16.4. The number of H-pyrrole nitrogens is 1. The Morgan fingerprint density at radius 1 is 0.526 bits per heavy atom. The van der Waals surface area contributed by atoms with Crippen molar-refractivity contribution in [2.45, 2.75) is 32.4 Å². The lowest BCUT2D eigenvalue weighted by Gasteiger charge is -2.15. The average Bonchev–Trinajstić information content (AvgIpc) is 4.15. The van der Waals surface area contributed by atoms with Crippen molar-refractivity contribution >= 4 is 100 Å². The normalized spacial score (nSPS) is 11.2. The van der Waals surface area contributed by atoms with E-state index in [0.29, 0.717) is 30.9 Å². The van der Waals surface area contributed by atoms with Crippen molar-refractivity contribution in [2.24, 2.45) is 11.5 Å². The van der Waals surface area contributed by atoms with Gasteiger partial charge in [0.15, 0.2) is 0 Å². The topological polar surface area (TPSA) is 190 Å². The van der Waals surface area contributed by atoms with Crippen molar-refractivity contribution < 1.29 is 14.3 Å². The van der Waals surface area contributed by atoms with Gasteiger partial charge in [0.05, 0.1) is 22.4 Å². The number of fused-ring (bicyclic) bond motifs is 2. The summed E-state index contributed by atoms with van der Waals surface area (Å²) in [5.74, 6) is -0.277. The van der Waals surface area contributed by atoms with Crippen molar-refractivity contribution in [3.63, 3.8) is 0 Å². The van der Waals surface area contributed by atoms with Gasteiger partial charge in [0.2, 0.25) is 0 Å². The second-order valence-corrected chi connectivity index (χ2v) is 25.1. The fourth-order valence-corrected chi connectivity index (χ4v) is 8.78. The molecule has 14 heteroatoms. The monoisotopic (exact) mass is 1050 g/mol. The number of nitrogens with one attached hydrogen (secondary N) is 5. The fourth-order valence-electron chi connectivity index (χ4n) is 8.02. The van der Waals surface area contributed by atoms with Crippen LogP contribution in [0.5, 0.6) is 0 Å². The molecule has 0 unspecified atom stereocenters. The molecular formula is C64H66N10O3Si. The number of rotatable bonds is 18. The summed E-state index contributed by atoms with van der Waals surface area (Å²) >= 11 is 0. The molecule has 10 rings (SSSR count). The molecule has 0 spiro atoms. The molecule has 0 aliphatic heterocycles. The first kappa shape index (κ1) is 55.1. The first-order valence-electron chi connectivity index (χ1n) is 25.9. The van der Waals surface area contributed by atoms with Gasteiger partial charge in [-0.3, -0.25) is 14.7 Å². The molecule has 10 aromatic rings. The van der Waals surface area contributed by atoms with Gasteiger partial charge in [0, 0.05) is 83.8 Å². The van der Waals surface area contributed by atoms with E-state index in [1.807, 2.05) is 150 Å². The van der Waals surface area contributed by atoms with Crippen LogP contribution in [0.2, 0.25) is 25.7 Å². The first-order valence-corrected chi connectivity index (χ1v) is 29.6. The third-order valence-corrected chi connectivity index (χ3v) is 13.8. The Bertz CT molecular complexity index is 3580. The van der Waals surface area contributed by atoms with E-state index < -0.39 is 8.07 Å². The Balaban J connectivity index is 0.000000196. The van der Waals surface area contributed by atoms with Crippen LogP contribution >= 0.6 is 0 Å². The van der Waals surface area contributed by atoms with Crippen LogP contribution < -0.4 is 32.7 Å². The number of nitrogens with two attached hydrogens (primary N) is 2. The molecule has 0 atom stereocenters. The maximum absolute atomic E-state index is 12.6. The molecule has 8 aromatic carbocycles. The molecule has 0 fully saturated rings. The lowest BCUT2D eigenvalue weighted by Crippen LogP contribution is -2.22. The van der Waals surface area contributed by atoms with Crippen molar-refractivity contribution in [1.29, 1.82) is 0 Å². The molecule has 0 bridgehead atoms. The highest BCUT2D eigenvalue weighted by molar-refractivity contribution is 6.76. The summed E-state index contributed by atoms with van der Waals surface area (Å²) in [6, 6.07) is 67.6. The van der Waals surface area contributed by atoms with E-state index in [1.54, 1.807) is 24.3 Å². The van der Waals surface area contributed by atoms with Gasteiger partial charge >= 0.3 is 0 Å². The molecule has 0 radical (unpaired) electrons.